The van der Waals surface area contributed by atoms with E-state index in [2.05, 4.69) is 0 Å². The fourth-order valence-electron chi connectivity index (χ4n) is 2.24. The molecule has 9 heteroatoms. The van der Waals surface area contributed by atoms with E-state index in [9.17, 15) is 23.3 Å². The number of hydrogen-bond acceptors (Lipinski definition) is 5. The first-order valence-corrected chi connectivity index (χ1v) is 8.33. The molecule has 21 heavy (non-hydrogen) atoms. The lowest BCUT2D eigenvalue weighted by Crippen LogP contribution is -2.37. The van der Waals surface area contributed by atoms with Gasteiger partial charge in [-0.15, -0.1) is 0 Å². The summed E-state index contributed by atoms with van der Waals surface area (Å²) >= 11 is 5.69. The first-order valence-electron chi connectivity index (χ1n) is 6.13. The second-order valence-corrected chi connectivity index (χ2v) is 7.53. The Labute approximate surface area is 126 Å². The first kappa shape index (κ1) is 15.7. The molecule has 2 rings (SSSR count). The number of carbonyl (C=O) groups excluding carboxylic acids is 1. The number of carbonyl (C=O) groups is 1. The third-order valence-corrected chi connectivity index (χ3v) is 5.54. The average molecular weight is 333 g/mol. The second-order valence-electron chi connectivity index (χ2n) is 4.90. The molecular formula is C12H13ClN2O5S. The topological polar surface area (TPSA) is 97.6 Å². The van der Waals surface area contributed by atoms with Crippen molar-refractivity contribution in [2.45, 2.75) is 12.5 Å². The van der Waals surface area contributed by atoms with Gasteiger partial charge >= 0.3 is 0 Å². The number of nitro groups is 1. The molecule has 1 saturated heterocycles. The van der Waals surface area contributed by atoms with Crippen LogP contribution in [0.5, 0.6) is 0 Å². The van der Waals surface area contributed by atoms with E-state index in [0.717, 1.165) is 6.07 Å². The molecule has 0 spiro atoms. The van der Waals surface area contributed by atoms with Gasteiger partial charge < -0.3 is 4.90 Å². The molecule has 0 bridgehead atoms. The number of halogens is 1. The molecule has 0 N–H and O–H groups in total. The number of nitrogens with zero attached hydrogens (tertiary/aromatic N) is 2. The molecule has 0 radical (unpaired) electrons. The Balaban J connectivity index is 2.24. The summed E-state index contributed by atoms with van der Waals surface area (Å²) in [6.07, 6.45) is 0.375. The van der Waals surface area contributed by atoms with Gasteiger partial charge in [-0.05, 0) is 18.6 Å². The predicted octanol–water partition coefficient (Wildman–Crippen LogP) is 1.51. The molecule has 1 aliphatic heterocycles. The van der Waals surface area contributed by atoms with E-state index in [0.29, 0.717) is 6.42 Å². The van der Waals surface area contributed by atoms with Gasteiger partial charge in [0.05, 0.1) is 16.4 Å². The molecule has 7 nitrogen and oxygen atoms in total. The number of benzene rings is 1. The molecule has 1 amide bonds. The molecule has 1 atom stereocenters. The van der Waals surface area contributed by atoms with Crippen LogP contribution in [0.1, 0.15) is 16.8 Å². The largest absolute Gasteiger partial charge is 0.338 e. The number of nitro benzene ring substituents is 1. The average Bonchev–Trinajstić information content (AvgIpc) is 2.77. The van der Waals surface area contributed by atoms with Gasteiger partial charge in [0.15, 0.2) is 9.84 Å². The van der Waals surface area contributed by atoms with Crippen LogP contribution in [-0.4, -0.2) is 48.7 Å². The lowest BCUT2D eigenvalue weighted by Gasteiger charge is -2.23. The van der Waals surface area contributed by atoms with Crippen molar-refractivity contribution in [1.82, 2.24) is 4.90 Å². The lowest BCUT2D eigenvalue weighted by molar-refractivity contribution is -0.384. The number of sulfone groups is 1. The van der Waals surface area contributed by atoms with Crippen LogP contribution in [0.4, 0.5) is 5.69 Å². The fraction of sp³-hybridized carbons (Fsp3) is 0.417. The summed E-state index contributed by atoms with van der Waals surface area (Å²) in [4.78, 5) is 23.8. The third kappa shape index (κ3) is 3.33. The molecule has 0 aromatic heterocycles. The van der Waals surface area contributed by atoms with E-state index in [4.69, 9.17) is 11.6 Å². The third-order valence-electron chi connectivity index (χ3n) is 3.47. The maximum absolute atomic E-state index is 12.3. The molecule has 0 saturated carbocycles. The summed E-state index contributed by atoms with van der Waals surface area (Å²) in [6, 6.07) is 3.37. The summed E-state index contributed by atoms with van der Waals surface area (Å²) < 4.78 is 22.9. The Kier molecular flexibility index (Phi) is 4.20. The highest BCUT2D eigenvalue weighted by Gasteiger charge is 2.33. The van der Waals surface area contributed by atoms with Gasteiger partial charge in [-0.1, -0.05) is 11.6 Å². The van der Waals surface area contributed by atoms with Crippen molar-refractivity contribution in [2.24, 2.45) is 0 Å². The normalized spacial score (nSPS) is 20.2. The molecular weight excluding hydrogens is 320 g/mol. The van der Waals surface area contributed by atoms with Crippen LogP contribution in [0, 0.1) is 10.1 Å². The van der Waals surface area contributed by atoms with Gasteiger partial charge in [0.25, 0.3) is 11.6 Å². The fourth-order valence-corrected chi connectivity index (χ4v) is 4.20. The van der Waals surface area contributed by atoms with E-state index in [1.807, 2.05) is 0 Å². The zero-order valence-corrected chi connectivity index (χ0v) is 12.7. The molecule has 114 valence electrons. The second kappa shape index (κ2) is 5.61. The molecule has 0 unspecified atom stereocenters. The van der Waals surface area contributed by atoms with Crippen LogP contribution in [0.15, 0.2) is 18.2 Å². The standard InChI is InChI=1S/C12H13ClN2O5S/c1-14(9-4-5-21(19,20)7-9)12(16)8-2-3-10(13)11(6-8)15(17)18/h2-3,6,9H,4-5,7H2,1H3/t9-/m1/s1. The smallest absolute Gasteiger partial charge is 0.288 e. The predicted molar refractivity (Wildman–Crippen MR) is 77.3 cm³/mol. The SMILES string of the molecule is CN(C(=O)c1ccc(Cl)c([N+](=O)[O-])c1)[C@@H]1CCS(=O)(=O)C1. The van der Waals surface area contributed by atoms with Gasteiger partial charge in [-0.3, -0.25) is 14.9 Å². The van der Waals surface area contributed by atoms with Crippen molar-refractivity contribution >= 4 is 33.0 Å². The maximum Gasteiger partial charge on any atom is 0.288 e. The summed E-state index contributed by atoms with van der Waals surface area (Å²) in [5, 5.41) is 10.8. The van der Waals surface area contributed by atoms with Gasteiger partial charge in [-0.2, -0.15) is 0 Å². The summed E-state index contributed by atoms with van der Waals surface area (Å²) in [5.74, 6) is -0.488. The van der Waals surface area contributed by atoms with Crippen molar-refractivity contribution in [3.63, 3.8) is 0 Å². The van der Waals surface area contributed by atoms with E-state index >= 15 is 0 Å². The Hall–Kier alpha value is -1.67. The van der Waals surface area contributed by atoms with Crippen LogP contribution < -0.4 is 0 Å². The number of rotatable bonds is 3. The maximum atomic E-state index is 12.3. The van der Waals surface area contributed by atoms with E-state index < -0.39 is 26.7 Å². The Morgan fingerprint density at radius 3 is 2.67 bits per heavy atom. The highest BCUT2D eigenvalue weighted by molar-refractivity contribution is 7.91. The lowest BCUT2D eigenvalue weighted by atomic mass is 10.1. The minimum absolute atomic E-state index is 0.0516. The van der Waals surface area contributed by atoms with Crippen molar-refractivity contribution < 1.29 is 18.1 Å². The molecule has 0 aliphatic carbocycles. The monoisotopic (exact) mass is 332 g/mol. The van der Waals surface area contributed by atoms with E-state index in [1.54, 1.807) is 0 Å². The molecule has 1 aromatic carbocycles. The minimum Gasteiger partial charge on any atom is -0.338 e. The zero-order chi connectivity index (χ0) is 15.8. The van der Waals surface area contributed by atoms with Gasteiger partial charge in [0.1, 0.15) is 5.02 Å². The van der Waals surface area contributed by atoms with Crippen LogP contribution in [0.25, 0.3) is 0 Å². The van der Waals surface area contributed by atoms with Crippen LogP contribution >= 0.6 is 11.6 Å². The highest BCUT2D eigenvalue weighted by Crippen LogP contribution is 2.26. The Morgan fingerprint density at radius 2 is 2.14 bits per heavy atom. The molecule has 1 heterocycles. The first-order chi connectivity index (χ1) is 9.71. The van der Waals surface area contributed by atoms with Gasteiger partial charge in [-0.25, -0.2) is 8.42 Å². The summed E-state index contributed by atoms with van der Waals surface area (Å²) in [6.45, 7) is 0. The van der Waals surface area contributed by atoms with Crippen LogP contribution in [0.2, 0.25) is 5.02 Å². The van der Waals surface area contributed by atoms with Crippen LogP contribution in [0.3, 0.4) is 0 Å². The van der Waals surface area contributed by atoms with Gasteiger partial charge in [0.2, 0.25) is 0 Å². The van der Waals surface area contributed by atoms with E-state index in [-0.39, 0.29) is 27.8 Å². The molecule has 1 fully saturated rings. The van der Waals surface area contributed by atoms with Gasteiger partial charge in [0, 0.05) is 24.7 Å². The Bertz CT molecular complexity index is 704. The quantitative estimate of drug-likeness (QED) is 0.617. The van der Waals surface area contributed by atoms with Crippen molar-refractivity contribution in [2.75, 3.05) is 18.6 Å². The van der Waals surface area contributed by atoms with E-state index in [1.165, 1.54) is 24.1 Å². The van der Waals surface area contributed by atoms with Crippen molar-refractivity contribution in [3.8, 4) is 0 Å². The molecule has 1 aliphatic rings. The molecule has 1 aromatic rings. The summed E-state index contributed by atoms with van der Waals surface area (Å²) in [5.41, 5.74) is -0.243. The number of amides is 1. The van der Waals surface area contributed by atoms with Crippen molar-refractivity contribution in [1.29, 1.82) is 0 Å². The van der Waals surface area contributed by atoms with Crippen molar-refractivity contribution in [3.05, 3.63) is 38.9 Å². The zero-order valence-electron chi connectivity index (χ0n) is 11.2. The minimum atomic E-state index is -3.11. The number of hydrogen-bond donors (Lipinski definition) is 0. The Morgan fingerprint density at radius 1 is 1.48 bits per heavy atom. The summed E-state index contributed by atoms with van der Waals surface area (Å²) in [7, 11) is -1.61. The highest BCUT2D eigenvalue weighted by atomic mass is 35.5. The van der Waals surface area contributed by atoms with Crippen LogP contribution in [-0.2, 0) is 9.84 Å².